The first kappa shape index (κ1) is 99.7. The van der Waals surface area contributed by atoms with E-state index in [2.05, 4.69) is 184 Å². The minimum absolute atomic E-state index is 0.144. The lowest BCUT2D eigenvalue weighted by Crippen LogP contribution is -2.44. The van der Waals surface area contributed by atoms with Crippen molar-refractivity contribution in [3.8, 4) is 0 Å². The van der Waals surface area contributed by atoms with Crippen molar-refractivity contribution in [2.75, 3.05) is 47.5 Å². The molecular formula is C96H161NO8. The molecule has 0 fully saturated rings. The van der Waals surface area contributed by atoms with Crippen LogP contribution in [0.4, 0.5) is 0 Å². The summed E-state index contributed by atoms with van der Waals surface area (Å²) in [6.07, 6.45) is 123. The SMILES string of the molecule is CC/C=C\C/C=C\C/C=C\C/C=C\C/C=C\C/C=C\C/C=C\C/C=C\CCCCCCCCCCCCCCCCCCC(=O)OC(COC(=O)CCCCCCCCCCCCCCCCCCCCCC/C=C\C/C=C\C/C=C\C/C=C\C/C=C\C/C=C\CC)COC(OCC[N+](C)(C)C)C(=O)[O-]. The molecule has 0 heterocycles. The van der Waals surface area contributed by atoms with Crippen molar-refractivity contribution < 1.29 is 42.9 Å². The topological polar surface area (TPSA) is 111 Å². The molecule has 0 aliphatic carbocycles. The molecule has 2 unspecified atom stereocenters. The number of likely N-dealkylation sites (N-methyl/N-ethyl adjacent to an activating group) is 1. The molecule has 9 nitrogen and oxygen atoms in total. The van der Waals surface area contributed by atoms with E-state index in [0.29, 0.717) is 17.4 Å². The predicted molar refractivity (Wildman–Crippen MR) is 453 cm³/mol. The van der Waals surface area contributed by atoms with Crippen LogP contribution < -0.4 is 5.11 Å². The Morgan fingerprint density at radius 3 is 0.762 bits per heavy atom. The Kier molecular flexibility index (Phi) is 80.0. The highest BCUT2D eigenvalue weighted by Crippen LogP contribution is 2.19. The number of allylic oxidation sites excluding steroid dienone is 28. The summed E-state index contributed by atoms with van der Waals surface area (Å²) in [4.78, 5) is 37.7. The minimum atomic E-state index is -1.63. The van der Waals surface area contributed by atoms with Gasteiger partial charge in [0, 0.05) is 12.8 Å². The number of quaternary nitrogens is 1. The lowest BCUT2D eigenvalue weighted by Gasteiger charge is -2.26. The number of esters is 2. The molecule has 0 saturated carbocycles. The van der Waals surface area contributed by atoms with Crippen LogP contribution in [0.15, 0.2) is 170 Å². The number of carbonyl (C=O) groups is 3. The number of ether oxygens (including phenoxy) is 4. The van der Waals surface area contributed by atoms with Crippen molar-refractivity contribution in [1.82, 2.24) is 0 Å². The standard InChI is InChI=1S/C96H161NO8/c1-6-8-10-12-14-16-18-20-22-24-26-28-30-32-34-36-38-40-42-44-46-47-49-51-53-55-57-59-61-63-65-67-69-71-73-75-77-79-81-83-85-87-94(99)105-92(91-104-96(95(100)101)102-89-88-97(3,4)5)90-103-93(98)86-84-82-80-78-76-74-72-70-68-66-64-62-60-58-56-54-52-50-48-45-43-41-39-37-35-33-31-29-27-25-23-21-19-17-15-13-11-9-7-2/h8-11,14-17,20-23,26-29,32-35,38-41,44,46,49,51,92,96H,6-7,12-13,18-19,24-25,30-31,36-37,42-43,45,47-48,50,52-91H2,1-5H3/b10-8-,11-9-,16-14-,17-15-,22-20-,23-21-,28-26-,29-27-,34-32-,35-33-,40-38-,41-39-,46-44-,51-49-. The third kappa shape index (κ3) is 85.8. The smallest absolute Gasteiger partial charge is 0.306 e. The fourth-order valence-corrected chi connectivity index (χ4v) is 12.0. The van der Waals surface area contributed by atoms with Crippen molar-refractivity contribution in [3.63, 3.8) is 0 Å². The number of carboxylic acids is 1. The molecule has 598 valence electrons. The van der Waals surface area contributed by atoms with Gasteiger partial charge in [0.1, 0.15) is 13.2 Å². The van der Waals surface area contributed by atoms with Gasteiger partial charge in [-0.25, -0.2) is 0 Å². The van der Waals surface area contributed by atoms with Gasteiger partial charge >= 0.3 is 11.9 Å². The van der Waals surface area contributed by atoms with E-state index in [1.54, 1.807) is 0 Å². The summed E-state index contributed by atoms with van der Waals surface area (Å²) in [5.41, 5.74) is 0. The van der Waals surface area contributed by atoms with Gasteiger partial charge in [-0.2, -0.15) is 0 Å². The monoisotopic (exact) mass is 1460 g/mol. The molecule has 0 bridgehead atoms. The van der Waals surface area contributed by atoms with Crippen molar-refractivity contribution in [2.45, 2.75) is 373 Å². The Morgan fingerprint density at radius 1 is 0.286 bits per heavy atom. The van der Waals surface area contributed by atoms with Crippen LogP contribution in [-0.2, 0) is 33.3 Å². The second-order valence-electron chi connectivity index (χ2n) is 29.7. The van der Waals surface area contributed by atoms with E-state index in [0.717, 1.165) is 128 Å². The van der Waals surface area contributed by atoms with E-state index in [-0.39, 0.29) is 38.6 Å². The van der Waals surface area contributed by atoms with Crippen LogP contribution in [0.2, 0.25) is 0 Å². The molecule has 0 aromatic rings. The van der Waals surface area contributed by atoms with Crippen molar-refractivity contribution in [2.24, 2.45) is 0 Å². The number of unbranched alkanes of at least 4 members (excludes halogenated alkanes) is 36. The third-order valence-electron chi connectivity index (χ3n) is 18.5. The van der Waals surface area contributed by atoms with Crippen molar-refractivity contribution in [1.29, 1.82) is 0 Å². The summed E-state index contributed by atoms with van der Waals surface area (Å²) >= 11 is 0. The summed E-state index contributed by atoms with van der Waals surface area (Å²) in [7, 11) is 5.94. The fourth-order valence-electron chi connectivity index (χ4n) is 12.0. The molecular weight excluding hydrogens is 1300 g/mol. The summed E-state index contributed by atoms with van der Waals surface area (Å²) in [5.74, 6) is -2.27. The number of rotatable bonds is 79. The molecule has 0 saturated heterocycles. The molecule has 105 heavy (non-hydrogen) atoms. The first-order valence-electron chi connectivity index (χ1n) is 43.3. The van der Waals surface area contributed by atoms with Crippen LogP contribution in [0.1, 0.15) is 361 Å². The quantitative estimate of drug-likeness (QED) is 0.0195. The Labute approximate surface area is 647 Å². The molecule has 0 N–H and O–H groups in total. The molecule has 0 spiro atoms. The zero-order valence-corrected chi connectivity index (χ0v) is 68.5. The molecule has 0 rings (SSSR count). The van der Waals surface area contributed by atoms with Gasteiger partial charge in [-0.05, 0) is 128 Å². The summed E-state index contributed by atoms with van der Waals surface area (Å²) in [6.45, 7) is 4.55. The lowest BCUT2D eigenvalue weighted by atomic mass is 10.0. The van der Waals surface area contributed by atoms with E-state index in [1.165, 1.54) is 199 Å². The number of nitrogens with zero attached hydrogens (tertiary/aromatic N) is 1. The summed E-state index contributed by atoms with van der Waals surface area (Å²) in [6, 6.07) is 0. The predicted octanol–water partition coefficient (Wildman–Crippen LogP) is 27.1. The minimum Gasteiger partial charge on any atom is -0.545 e. The highest BCUT2D eigenvalue weighted by atomic mass is 16.7. The number of hydrogen-bond donors (Lipinski definition) is 0. The summed E-state index contributed by atoms with van der Waals surface area (Å²) in [5, 5.41) is 11.9. The van der Waals surface area contributed by atoms with Gasteiger partial charge in [-0.3, -0.25) is 9.59 Å². The van der Waals surface area contributed by atoms with Gasteiger partial charge in [-0.15, -0.1) is 0 Å². The fraction of sp³-hybridized carbons (Fsp3) is 0.677. The number of carboxylic acid groups (broad SMARTS) is 1. The molecule has 0 aromatic carbocycles. The second-order valence-corrected chi connectivity index (χ2v) is 29.7. The third-order valence-corrected chi connectivity index (χ3v) is 18.5. The number of carbonyl (C=O) groups excluding carboxylic acids is 3. The van der Waals surface area contributed by atoms with Crippen molar-refractivity contribution in [3.05, 3.63) is 170 Å². The highest BCUT2D eigenvalue weighted by Gasteiger charge is 2.22. The average molecular weight is 1460 g/mol. The van der Waals surface area contributed by atoms with E-state index in [1.807, 2.05) is 21.1 Å². The lowest BCUT2D eigenvalue weighted by molar-refractivity contribution is -0.870. The molecule has 2 atom stereocenters. The van der Waals surface area contributed by atoms with Crippen LogP contribution in [0.25, 0.3) is 0 Å². The Hall–Kier alpha value is -5.35. The average Bonchev–Trinajstić information content (AvgIpc) is 1.18. The zero-order chi connectivity index (χ0) is 76.0. The van der Waals surface area contributed by atoms with Gasteiger partial charge in [0.15, 0.2) is 12.4 Å². The molecule has 0 aliphatic heterocycles. The van der Waals surface area contributed by atoms with Gasteiger partial charge in [0.25, 0.3) is 0 Å². The van der Waals surface area contributed by atoms with E-state index < -0.39 is 24.3 Å². The molecule has 0 aromatic heterocycles. The van der Waals surface area contributed by atoms with Crippen LogP contribution in [-0.4, -0.2) is 82.3 Å². The van der Waals surface area contributed by atoms with Crippen LogP contribution in [0.5, 0.6) is 0 Å². The van der Waals surface area contributed by atoms with E-state index in [4.69, 9.17) is 18.9 Å². The van der Waals surface area contributed by atoms with E-state index >= 15 is 0 Å². The Bertz CT molecular complexity index is 2350. The molecule has 9 heteroatoms. The Balaban J connectivity index is 4.00. The van der Waals surface area contributed by atoms with Crippen molar-refractivity contribution >= 4 is 17.9 Å². The first-order chi connectivity index (χ1) is 51.6. The maximum absolute atomic E-state index is 13.0. The van der Waals surface area contributed by atoms with Gasteiger partial charge in [-0.1, -0.05) is 389 Å². The largest absolute Gasteiger partial charge is 0.545 e. The molecule has 0 radical (unpaired) electrons. The van der Waals surface area contributed by atoms with Crippen LogP contribution in [0, 0.1) is 0 Å². The van der Waals surface area contributed by atoms with E-state index in [9.17, 15) is 19.5 Å². The van der Waals surface area contributed by atoms with Crippen LogP contribution >= 0.6 is 0 Å². The normalized spacial score (nSPS) is 13.5. The first-order valence-corrected chi connectivity index (χ1v) is 43.3. The maximum atomic E-state index is 13.0. The molecule has 0 aliphatic rings. The number of aliphatic carboxylic acids is 1. The second kappa shape index (κ2) is 84.3. The van der Waals surface area contributed by atoms with Gasteiger partial charge < -0.3 is 33.3 Å². The van der Waals surface area contributed by atoms with Gasteiger partial charge in [0.05, 0.1) is 40.3 Å². The molecule has 0 amide bonds. The Morgan fingerprint density at radius 2 is 0.514 bits per heavy atom. The maximum Gasteiger partial charge on any atom is 0.306 e. The van der Waals surface area contributed by atoms with Crippen LogP contribution in [0.3, 0.4) is 0 Å². The number of hydrogen-bond acceptors (Lipinski definition) is 8. The zero-order valence-electron chi connectivity index (χ0n) is 68.5. The summed E-state index contributed by atoms with van der Waals surface area (Å²) < 4.78 is 22.9. The highest BCUT2D eigenvalue weighted by molar-refractivity contribution is 5.70. The van der Waals surface area contributed by atoms with Gasteiger partial charge in [0.2, 0.25) is 0 Å².